The van der Waals surface area contributed by atoms with Crippen LogP contribution in [0.3, 0.4) is 0 Å². The van der Waals surface area contributed by atoms with Crippen LogP contribution < -0.4 is 4.74 Å². The number of rotatable bonds is 5. The van der Waals surface area contributed by atoms with E-state index < -0.39 is 0 Å². The highest BCUT2D eigenvalue weighted by atomic mass is 79.9. The van der Waals surface area contributed by atoms with E-state index in [4.69, 9.17) is 4.74 Å². The molecule has 0 saturated carbocycles. The minimum absolute atomic E-state index is 0.801. The number of ether oxygens (including phenoxy) is 1. The smallest absolute Gasteiger partial charge is 0.142 e. The average molecular weight is 361 g/mol. The molecule has 0 saturated heterocycles. The number of benzene rings is 2. The van der Waals surface area contributed by atoms with Gasteiger partial charge in [0.25, 0.3) is 0 Å². The maximum Gasteiger partial charge on any atom is 0.142 e. The predicted octanol–water partition coefficient (Wildman–Crippen LogP) is 5.47. The third kappa shape index (κ3) is 4.10. The molecule has 2 aromatic rings. The number of nitrogens with zero attached hydrogens (tertiary/aromatic N) is 2. The van der Waals surface area contributed by atoms with E-state index in [1.165, 1.54) is 0 Å². The van der Waals surface area contributed by atoms with E-state index in [1.807, 2.05) is 68.5 Å². The molecule has 0 atom stereocenters. The molecule has 0 N–H and O–H groups in total. The fraction of sp³-hybridized carbons (Fsp3) is 0.278. The van der Waals surface area contributed by atoms with Gasteiger partial charge in [-0.05, 0) is 66.0 Å². The highest BCUT2D eigenvalue weighted by Gasteiger charge is 2.08. The zero-order chi connectivity index (χ0) is 16.1. The van der Waals surface area contributed by atoms with E-state index in [1.54, 1.807) is 0 Å². The summed E-state index contributed by atoms with van der Waals surface area (Å²) in [5, 5.41) is 0. The Labute approximate surface area is 140 Å². The summed E-state index contributed by atoms with van der Waals surface area (Å²) in [4.78, 5) is 6.55. The number of hydrogen-bond donors (Lipinski definition) is 0. The molecule has 0 aliphatic rings. The SMILES string of the molecule is CCN(C)C=Nc1cc(Br)c(Oc2ccccc2C)cc1C. The largest absolute Gasteiger partial charge is 0.456 e. The summed E-state index contributed by atoms with van der Waals surface area (Å²) in [6, 6.07) is 12.0. The van der Waals surface area contributed by atoms with Crippen LogP contribution in [0.15, 0.2) is 45.9 Å². The summed E-state index contributed by atoms with van der Waals surface area (Å²) in [6.07, 6.45) is 1.84. The second kappa shape index (κ2) is 7.45. The first-order chi connectivity index (χ1) is 10.5. The maximum absolute atomic E-state index is 6.01. The van der Waals surface area contributed by atoms with E-state index in [2.05, 4.69) is 27.8 Å². The van der Waals surface area contributed by atoms with Gasteiger partial charge in [-0.3, -0.25) is 0 Å². The lowest BCUT2D eigenvalue weighted by atomic mass is 10.2. The fourth-order valence-electron chi connectivity index (χ4n) is 1.89. The molecule has 2 aromatic carbocycles. The van der Waals surface area contributed by atoms with Crippen molar-refractivity contribution in [3.05, 3.63) is 52.0 Å². The Kier molecular flexibility index (Phi) is 5.61. The van der Waals surface area contributed by atoms with E-state index in [9.17, 15) is 0 Å². The van der Waals surface area contributed by atoms with Gasteiger partial charge < -0.3 is 9.64 Å². The van der Waals surface area contributed by atoms with Crippen LogP contribution in [-0.2, 0) is 0 Å². The summed E-state index contributed by atoms with van der Waals surface area (Å²) in [5.74, 6) is 1.67. The molecule has 0 bridgehead atoms. The monoisotopic (exact) mass is 360 g/mol. The number of para-hydroxylation sites is 1. The van der Waals surface area contributed by atoms with Gasteiger partial charge in [-0.15, -0.1) is 0 Å². The van der Waals surface area contributed by atoms with Crippen molar-refractivity contribution in [2.75, 3.05) is 13.6 Å². The molecule has 0 aromatic heterocycles. The quantitative estimate of drug-likeness (QED) is 0.521. The maximum atomic E-state index is 6.01. The van der Waals surface area contributed by atoms with Crippen molar-refractivity contribution < 1.29 is 4.74 Å². The van der Waals surface area contributed by atoms with Crippen molar-refractivity contribution in [1.29, 1.82) is 0 Å². The Hall–Kier alpha value is -1.81. The number of hydrogen-bond acceptors (Lipinski definition) is 2. The van der Waals surface area contributed by atoms with Crippen LogP contribution in [0.2, 0.25) is 0 Å². The van der Waals surface area contributed by atoms with Gasteiger partial charge in [-0.1, -0.05) is 18.2 Å². The summed E-state index contributed by atoms with van der Waals surface area (Å²) >= 11 is 3.57. The van der Waals surface area contributed by atoms with E-state index >= 15 is 0 Å². The highest BCUT2D eigenvalue weighted by Crippen LogP contribution is 2.36. The normalized spacial score (nSPS) is 11.0. The van der Waals surface area contributed by atoms with Crippen LogP contribution in [0.1, 0.15) is 18.1 Å². The van der Waals surface area contributed by atoms with Crippen LogP contribution in [-0.4, -0.2) is 24.8 Å². The molecule has 3 nitrogen and oxygen atoms in total. The molecule has 0 spiro atoms. The first-order valence-electron chi connectivity index (χ1n) is 7.29. The van der Waals surface area contributed by atoms with Crippen molar-refractivity contribution in [3.8, 4) is 11.5 Å². The third-order valence-electron chi connectivity index (χ3n) is 3.46. The Morgan fingerprint density at radius 1 is 1.14 bits per heavy atom. The highest BCUT2D eigenvalue weighted by molar-refractivity contribution is 9.10. The van der Waals surface area contributed by atoms with Crippen molar-refractivity contribution in [2.45, 2.75) is 20.8 Å². The molecule has 0 fully saturated rings. The average Bonchev–Trinajstić information content (AvgIpc) is 2.51. The van der Waals surface area contributed by atoms with E-state index in [0.717, 1.165) is 39.3 Å². The van der Waals surface area contributed by atoms with Gasteiger partial charge in [0.15, 0.2) is 0 Å². The zero-order valence-electron chi connectivity index (χ0n) is 13.4. The molecular formula is C18H21BrN2O. The lowest BCUT2D eigenvalue weighted by molar-refractivity contribution is 0.475. The van der Waals surface area contributed by atoms with Crippen LogP contribution in [0.5, 0.6) is 11.5 Å². The second-order valence-corrected chi connectivity index (χ2v) is 6.11. The number of aliphatic imine (C=N–C) groups is 1. The Morgan fingerprint density at radius 2 is 1.86 bits per heavy atom. The molecule has 4 heteroatoms. The number of halogens is 1. The van der Waals surface area contributed by atoms with Gasteiger partial charge in [0.1, 0.15) is 11.5 Å². The molecule has 0 heterocycles. The summed E-state index contributed by atoms with van der Waals surface area (Å²) < 4.78 is 6.91. The molecular weight excluding hydrogens is 340 g/mol. The van der Waals surface area contributed by atoms with E-state index in [0.29, 0.717) is 0 Å². The predicted molar refractivity (Wildman–Crippen MR) is 96.6 cm³/mol. The molecule has 2 rings (SSSR count). The molecule has 0 aliphatic heterocycles. The Balaban J connectivity index is 2.27. The third-order valence-corrected chi connectivity index (χ3v) is 4.08. The van der Waals surface area contributed by atoms with Crippen molar-refractivity contribution >= 4 is 28.0 Å². The minimum Gasteiger partial charge on any atom is -0.456 e. The fourth-order valence-corrected chi connectivity index (χ4v) is 2.31. The van der Waals surface area contributed by atoms with Crippen LogP contribution >= 0.6 is 15.9 Å². The Morgan fingerprint density at radius 3 is 2.55 bits per heavy atom. The van der Waals surface area contributed by atoms with Crippen molar-refractivity contribution in [2.24, 2.45) is 4.99 Å². The lowest BCUT2D eigenvalue weighted by Crippen LogP contribution is -2.14. The second-order valence-electron chi connectivity index (χ2n) is 5.25. The van der Waals surface area contributed by atoms with E-state index in [-0.39, 0.29) is 0 Å². The first-order valence-corrected chi connectivity index (χ1v) is 8.08. The van der Waals surface area contributed by atoms with Gasteiger partial charge in [0.05, 0.1) is 16.5 Å². The lowest BCUT2D eigenvalue weighted by Gasteiger charge is -2.13. The van der Waals surface area contributed by atoms with Gasteiger partial charge in [-0.25, -0.2) is 4.99 Å². The minimum atomic E-state index is 0.801. The van der Waals surface area contributed by atoms with Gasteiger partial charge in [-0.2, -0.15) is 0 Å². The van der Waals surface area contributed by atoms with Crippen molar-refractivity contribution in [1.82, 2.24) is 4.90 Å². The van der Waals surface area contributed by atoms with Gasteiger partial charge >= 0.3 is 0 Å². The van der Waals surface area contributed by atoms with Gasteiger partial charge in [0, 0.05) is 13.6 Å². The standard InChI is InChI=1S/C18H21BrN2O/c1-5-21(4)12-20-16-11-15(19)18(10-14(16)3)22-17-9-7-6-8-13(17)2/h6-12H,5H2,1-4H3. The van der Waals surface area contributed by atoms with Crippen LogP contribution in [0.4, 0.5) is 5.69 Å². The summed E-state index contributed by atoms with van der Waals surface area (Å²) in [7, 11) is 2.00. The van der Waals surface area contributed by atoms with Crippen LogP contribution in [0, 0.1) is 13.8 Å². The molecule has 0 radical (unpaired) electrons. The molecule has 0 amide bonds. The zero-order valence-corrected chi connectivity index (χ0v) is 15.0. The molecule has 22 heavy (non-hydrogen) atoms. The first kappa shape index (κ1) is 16.6. The number of aryl methyl sites for hydroxylation is 2. The van der Waals surface area contributed by atoms with Gasteiger partial charge in [0.2, 0.25) is 0 Å². The molecule has 116 valence electrons. The topological polar surface area (TPSA) is 24.8 Å². The summed E-state index contributed by atoms with van der Waals surface area (Å²) in [6.45, 7) is 7.09. The molecule has 0 aliphatic carbocycles. The Bertz CT molecular complexity index is 683. The van der Waals surface area contributed by atoms with Crippen LogP contribution in [0.25, 0.3) is 0 Å². The summed E-state index contributed by atoms with van der Waals surface area (Å²) in [5.41, 5.74) is 3.12. The molecule has 0 unspecified atom stereocenters. The van der Waals surface area contributed by atoms with Crippen molar-refractivity contribution in [3.63, 3.8) is 0 Å².